The number of rotatable bonds is 0. The first-order chi connectivity index (χ1) is 4.77. The third kappa shape index (κ3) is 0.828. The van der Waals surface area contributed by atoms with Gasteiger partial charge in [0.1, 0.15) is 5.44 Å². The average Bonchev–Trinajstić information content (AvgIpc) is 1.86. The van der Waals surface area contributed by atoms with Crippen molar-refractivity contribution >= 4 is 17.7 Å². The predicted molar refractivity (Wildman–Crippen MR) is 38.3 cm³/mol. The molecule has 2 saturated heterocycles. The van der Waals surface area contributed by atoms with E-state index in [-0.39, 0.29) is 16.7 Å². The van der Waals surface area contributed by atoms with Crippen molar-refractivity contribution in [1.29, 1.82) is 0 Å². The van der Waals surface area contributed by atoms with Gasteiger partial charge >= 0.3 is 0 Å². The van der Waals surface area contributed by atoms with Gasteiger partial charge in [0.25, 0.3) is 0 Å². The molecule has 0 radical (unpaired) electrons. The van der Waals surface area contributed by atoms with Crippen LogP contribution in [0.3, 0.4) is 0 Å². The molecule has 0 bridgehead atoms. The lowest BCUT2D eigenvalue weighted by Gasteiger charge is -2.44. The molecule has 2 aliphatic heterocycles. The van der Waals surface area contributed by atoms with Crippen LogP contribution in [0.1, 0.15) is 12.8 Å². The molecule has 0 aromatic rings. The maximum atomic E-state index is 10.8. The molecule has 2 heterocycles. The second kappa shape index (κ2) is 2.13. The van der Waals surface area contributed by atoms with Gasteiger partial charge in [-0.15, -0.1) is 11.8 Å². The zero-order chi connectivity index (χ0) is 7.14. The van der Waals surface area contributed by atoms with E-state index in [4.69, 9.17) is 5.11 Å². The second-order valence-electron chi connectivity index (χ2n) is 2.63. The summed E-state index contributed by atoms with van der Waals surface area (Å²) in [6, 6.07) is 0. The molecule has 56 valence electrons. The van der Waals surface area contributed by atoms with Gasteiger partial charge in [-0.25, -0.2) is 0 Å². The van der Waals surface area contributed by atoms with Crippen molar-refractivity contribution in [2.45, 2.75) is 23.7 Å². The monoisotopic (exact) mass is 159 g/mol. The normalized spacial score (nSPS) is 38.9. The molecule has 2 aliphatic rings. The molecular formula is C6H9NO2S. The first-order valence-corrected chi connectivity index (χ1v) is 4.34. The Labute approximate surface area is 63.4 Å². The SMILES string of the molecule is O=C1C[C@H]2SC(O)CCN12. The van der Waals surface area contributed by atoms with Gasteiger partial charge in [-0.2, -0.15) is 0 Å². The van der Waals surface area contributed by atoms with Gasteiger partial charge in [0.15, 0.2) is 0 Å². The van der Waals surface area contributed by atoms with Crippen molar-refractivity contribution < 1.29 is 9.90 Å². The highest BCUT2D eigenvalue weighted by molar-refractivity contribution is 8.00. The fraction of sp³-hybridized carbons (Fsp3) is 0.833. The molecule has 2 fully saturated rings. The van der Waals surface area contributed by atoms with Crippen molar-refractivity contribution in [3.63, 3.8) is 0 Å². The number of nitrogens with zero attached hydrogens (tertiary/aromatic N) is 1. The summed E-state index contributed by atoms with van der Waals surface area (Å²) in [6.45, 7) is 0.748. The van der Waals surface area contributed by atoms with E-state index in [9.17, 15) is 4.79 Å². The molecule has 1 unspecified atom stereocenters. The van der Waals surface area contributed by atoms with Crippen molar-refractivity contribution in [1.82, 2.24) is 4.90 Å². The van der Waals surface area contributed by atoms with Crippen molar-refractivity contribution in [2.24, 2.45) is 0 Å². The van der Waals surface area contributed by atoms with E-state index >= 15 is 0 Å². The number of fused-ring (bicyclic) bond motifs is 1. The second-order valence-corrected chi connectivity index (χ2v) is 3.99. The van der Waals surface area contributed by atoms with Gasteiger partial charge in [-0.1, -0.05) is 0 Å². The Hall–Kier alpha value is -0.220. The molecule has 3 nitrogen and oxygen atoms in total. The molecule has 0 aromatic carbocycles. The Bertz CT molecular complexity index is 173. The first kappa shape index (κ1) is 6.49. The minimum atomic E-state index is -0.241. The highest BCUT2D eigenvalue weighted by Gasteiger charge is 2.40. The van der Waals surface area contributed by atoms with Gasteiger partial charge in [-0.3, -0.25) is 4.79 Å². The fourth-order valence-corrected chi connectivity index (χ4v) is 2.53. The smallest absolute Gasteiger partial charge is 0.226 e. The van der Waals surface area contributed by atoms with E-state index in [1.54, 1.807) is 0 Å². The molecule has 0 aromatic heterocycles. The number of hydrogen-bond acceptors (Lipinski definition) is 3. The van der Waals surface area contributed by atoms with Gasteiger partial charge in [-0.05, 0) is 0 Å². The maximum absolute atomic E-state index is 10.8. The molecule has 0 aliphatic carbocycles. The zero-order valence-electron chi connectivity index (χ0n) is 5.49. The van der Waals surface area contributed by atoms with Crippen LogP contribution in [-0.2, 0) is 4.79 Å². The van der Waals surface area contributed by atoms with Crippen LogP contribution in [0.25, 0.3) is 0 Å². The van der Waals surface area contributed by atoms with Crippen molar-refractivity contribution in [3.8, 4) is 0 Å². The minimum absolute atomic E-state index is 0.240. The number of aliphatic hydroxyl groups is 1. The van der Waals surface area contributed by atoms with E-state index in [2.05, 4.69) is 0 Å². The predicted octanol–water partition coefficient (Wildman–Crippen LogP) is 0.000100. The van der Waals surface area contributed by atoms with Gasteiger partial charge in [0.2, 0.25) is 5.91 Å². The van der Waals surface area contributed by atoms with Crippen molar-refractivity contribution in [3.05, 3.63) is 0 Å². The Kier molecular flexibility index (Phi) is 1.38. The summed E-state index contributed by atoms with van der Waals surface area (Å²) in [5, 5.41) is 9.43. The lowest BCUT2D eigenvalue weighted by molar-refractivity contribution is -0.142. The first-order valence-electron chi connectivity index (χ1n) is 3.40. The molecule has 2 rings (SSSR count). The lowest BCUT2D eigenvalue weighted by Crippen LogP contribution is -2.54. The minimum Gasteiger partial charge on any atom is -0.382 e. The highest BCUT2D eigenvalue weighted by Crippen LogP contribution is 2.36. The molecule has 1 amide bonds. The van der Waals surface area contributed by atoms with Crippen LogP contribution in [0.2, 0.25) is 0 Å². The zero-order valence-corrected chi connectivity index (χ0v) is 6.30. The van der Waals surface area contributed by atoms with Gasteiger partial charge < -0.3 is 10.0 Å². The number of hydrogen-bond donors (Lipinski definition) is 1. The van der Waals surface area contributed by atoms with Gasteiger partial charge in [0, 0.05) is 13.0 Å². The van der Waals surface area contributed by atoms with Crippen molar-refractivity contribution in [2.75, 3.05) is 6.54 Å². The number of carbonyl (C=O) groups is 1. The molecular weight excluding hydrogens is 150 g/mol. The third-order valence-electron chi connectivity index (χ3n) is 1.95. The largest absolute Gasteiger partial charge is 0.382 e. The van der Waals surface area contributed by atoms with E-state index in [0.29, 0.717) is 6.42 Å². The lowest BCUT2D eigenvalue weighted by atomic mass is 10.2. The Balaban J connectivity index is 1.99. The average molecular weight is 159 g/mol. The molecule has 2 atom stereocenters. The van der Waals surface area contributed by atoms with E-state index in [1.807, 2.05) is 4.90 Å². The summed E-state index contributed by atoms with van der Waals surface area (Å²) in [6.07, 6.45) is 1.36. The number of carbonyl (C=O) groups excluding carboxylic acids is 1. The summed E-state index contributed by atoms with van der Waals surface area (Å²) >= 11 is 1.50. The topological polar surface area (TPSA) is 40.5 Å². The Morgan fingerprint density at radius 1 is 1.70 bits per heavy atom. The van der Waals surface area contributed by atoms with E-state index < -0.39 is 0 Å². The molecule has 1 N–H and O–H groups in total. The van der Waals surface area contributed by atoms with Crippen LogP contribution in [0, 0.1) is 0 Å². The number of amides is 1. The highest BCUT2D eigenvalue weighted by atomic mass is 32.2. The van der Waals surface area contributed by atoms with Crippen LogP contribution in [0.15, 0.2) is 0 Å². The number of β-lactam (4-membered cyclic amide) rings is 1. The summed E-state index contributed by atoms with van der Waals surface area (Å²) in [4.78, 5) is 12.6. The summed E-state index contributed by atoms with van der Waals surface area (Å²) in [7, 11) is 0. The third-order valence-corrected chi connectivity index (χ3v) is 3.23. The summed E-state index contributed by atoms with van der Waals surface area (Å²) < 4.78 is 0. The number of thioether (sulfide) groups is 1. The molecule has 10 heavy (non-hydrogen) atoms. The maximum Gasteiger partial charge on any atom is 0.226 e. The van der Waals surface area contributed by atoms with Gasteiger partial charge in [0.05, 0.1) is 11.8 Å². The van der Waals surface area contributed by atoms with Crippen LogP contribution < -0.4 is 0 Å². The van der Waals surface area contributed by atoms with Crippen LogP contribution >= 0.6 is 11.8 Å². The molecule has 0 spiro atoms. The van der Waals surface area contributed by atoms with Crippen LogP contribution in [-0.4, -0.2) is 33.3 Å². The summed E-state index contributed by atoms with van der Waals surface area (Å²) in [5.74, 6) is 0.240. The fourth-order valence-electron chi connectivity index (χ4n) is 1.31. The standard InChI is InChI=1S/C6H9NO2S/c8-4-3-5-7(4)2-1-6(9)10-5/h5-6,9H,1-3H2/t5-,6?/m1/s1. The Morgan fingerprint density at radius 2 is 2.50 bits per heavy atom. The van der Waals surface area contributed by atoms with Crippen LogP contribution in [0.5, 0.6) is 0 Å². The summed E-state index contributed by atoms with van der Waals surface area (Å²) in [5.41, 5.74) is -0.241. The quantitative estimate of drug-likeness (QED) is 0.506. The molecule has 0 saturated carbocycles. The van der Waals surface area contributed by atoms with Crippen LogP contribution in [0.4, 0.5) is 0 Å². The van der Waals surface area contributed by atoms with E-state index in [1.165, 1.54) is 11.8 Å². The van der Waals surface area contributed by atoms with E-state index in [0.717, 1.165) is 13.0 Å². The molecule has 4 heteroatoms. The number of aliphatic hydroxyl groups excluding tert-OH is 1. The Morgan fingerprint density at radius 3 is 3.10 bits per heavy atom.